The summed E-state index contributed by atoms with van der Waals surface area (Å²) in [6.07, 6.45) is 0. The van der Waals surface area contributed by atoms with Gasteiger partial charge in [-0.15, -0.1) is 0 Å². The lowest BCUT2D eigenvalue weighted by molar-refractivity contribution is 0.0947. The van der Waals surface area contributed by atoms with E-state index in [1.807, 2.05) is 80.6 Å². The third kappa shape index (κ3) is 4.10. The lowest BCUT2D eigenvalue weighted by Crippen LogP contribution is -2.25. The van der Waals surface area contributed by atoms with E-state index in [1.165, 1.54) is 0 Å². The normalized spacial score (nSPS) is 10.7. The first kappa shape index (κ1) is 19.5. The number of carbonyl (C=O) groups excluding carboxylic acids is 2. The zero-order valence-electron chi connectivity index (χ0n) is 17.0. The molecule has 0 spiro atoms. The van der Waals surface area contributed by atoms with Crippen molar-refractivity contribution in [2.45, 2.75) is 20.4 Å². The minimum absolute atomic E-state index is 0.252. The van der Waals surface area contributed by atoms with Crippen LogP contribution in [0.1, 0.15) is 37.5 Å². The molecule has 0 aliphatic rings. The van der Waals surface area contributed by atoms with Crippen molar-refractivity contribution in [3.63, 3.8) is 0 Å². The van der Waals surface area contributed by atoms with E-state index in [0.717, 1.165) is 27.6 Å². The molecule has 150 valence electrons. The predicted molar refractivity (Wildman–Crippen MR) is 120 cm³/mol. The van der Waals surface area contributed by atoms with E-state index < -0.39 is 0 Å². The van der Waals surface area contributed by atoms with E-state index in [1.54, 1.807) is 6.07 Å². The number of carbonyl (C=O) groups is 2. The summed E-state index contributed by atoms with van der Waals surface area (Å²) in [4.78, 5) is 29.0. The molecule has 3 N–H and O–H groups in total. The number of amides is 2. The Balaban J connectivity index is 1.67. The first-order chi connectivity index (χ1) is 14.5. The first-order valence-electron chi connectivity index (χ1n) is 9.84. The van der Waals surface area contributed by atoms with Crippen molar-refractivity contribution in [3.05, 3.63) is 101 Å². The predicted octanol–water partition coefficient (Wildman–Crippen LogP) is 4.97. The number of fused-ring (bicyclic) bond motifs is 1. The Labute approximate surface area is 175 Å². The third-order valence-electron chi connectivity index (χ3n) is 5.00. The van der Waals surface area contributed by atoms with Crippen LogP contribution in [0.25, 0.3) is 10.9 Å². The van der Waals surface area contributed by atoms with Crippen LogP contribution in [0.3, 0.4) is 0 Å². The standard InChI is InChI=1S/C25H23N3O2/c1-16-7-6-10-19(13-16)24(29)28-22-20-14-17(2)11-12-21(20)27-23(22)25(30)26-15-18-8-4-3-5-9-18/h3-14,27H,15H2,1-2H3,(H,26,30)(H,28,29). The largest absolute Gasteiger partial charge is 0.349 e. The number of aromatic nitrogens is 1. The van der Waals surface area contributed by atoms with Gasteiger partial charge in [0.2, 0.25) is 0 Å². The second-order valence-corrected chi connectivity index (χ2v) is 7.42. The topological polar surface area (TPSA) is 74.0 Å². The van der Waals surface area contributed by atoms with Crippen molar-refractivity contribution < 1.29 is 9.59 Å². The molecule has 4 rings (SSSR count). The van der Waals surface area contributed by atoms with Gasteiger partial charge in [-0.2, -0.15) is 0 Å². The molecule has 1 aromatic heterocycles. The highest BCUT2D eigenvalue weighted by molar-refractivity contribution is 6.15. The fraction of sp³-hybridized carbons (Fsp3) is 0.120. The molecule has 5 nitrogen and oxygen atoms in total. The minimum atomic E-state index is -0.271. The molecule has 30 heavy (non-hydrogen) atoms. The summed E-state index contributed by atoms with van der Waals surface area (Å²) in [5.74, 6) is -0.523. The Hall–Kier alpha value is -3.86. The zero-order valence-corrected chi connectivity index (χ0v) is 17.0. The Bertz CT molecular complexity index is 1230. The zero-order chi connectivity index (χ0) is 21.1. The highest BCUT2D eigenvalue weighted by atomic mass is 16.2. The van der Waals surface area contributed by atoms with Crippen molar-refractivity contribution in [1.29, 1.82) is 0 Å². The van der Waals surface area contributed by atoms with Gasteiger partial charge in [0.05, 0.1) is 5.69 Å². The van der Waals surface area contributed by atoms with Crippen LogP contribution in [-0.2, 0) is 6.54 Å². The van der Waals surface area contributed by atoms with Gasteiger partial charge in [-0.3, -0.25) is 9.59 Å². The molecule has 2 amide bonds. The number of aryl methyl sites for hydroxylation is 2. The van der Waals surface area contributed by atoms with Crippen LogP contribution in [0.15, 0.2) is 72.8 Å². The van der Waals surface area contributed by atoms with Gasteiger partial charge in [-0.05, 0) is 43.7 Å². The molecule has 0 saturated carbocycles. The smallest absolute Gasteiger partial charge is 0.270 e. The summed E-state index contributed by atoms with van der Waals surface area (Å²) in [6, 6.07) is 22.9. The van der Waals surface area contributed by atoms with Crippen LogP contribution < -0.4 is 10.6 Å². The molecule has 0 bridgehead atoms. The molecule has 4 aromatic rings. The quantitative estimate of drug-likeness (QED) is 0.445. The van der Waals surface area contributed by atoms with Crippen molar-refractivity contribution in [2.24, 2.45) is 0 Å². The van der Waals surface area contributed by atoms with E-state index in [0.29, 0.717) is 23.5 Å². The molecule has 0 unspecified atom stereocenters. The van der Waals surface area contributed by atoms with Crippen molar-refractivity contribution in [1.82, 2.24) is 10.3 Å². The molecular weight excluding hydrogens is 374 g/mol. The summed E-state index contributed by atoms with van der Waals surface area (Å²) >= 11 is 0. The molecule has 1 heterocycles. The van der Waals surface area contributed by atoms with Gasteiger partial charge in [-0.25, -0.2) is 0 Å². The van der Waals surface area contributed by atoms with Crippen LogP contribution in [0.5, 0.6) is 0 Å². The Morgan fingerprint density at radius 1 is 0.833 bits per heavy atom. The highest BCUT2D eigenvalue weighted by Crippen LogP contribution is 2.29. The molecule has 0 aliphatic heterocycles. The number of hydrogen-bond acceptors (Lipinski definition) is 2. The number of nitrogens with one attached hydrogen (secondary N) is 3. The Morgan fingerprint density at radius 3 is 2.37 bits per heavy atom. The van der Waals surface area contributed by atoms with Gasteiger partial charge >= 0.3 is 0 Å². The van der Waals surface area contributed by atoms with Gasteiger partial charge in [0, 0.05) is 23.0 Å². The number of rotatable bonds is 5. The number of hydrogen-bond donors (Lipinski definition) is 3. The Morgan fingerprint density at radius 2 is 1.60 bits per heavy atom. The Kier molecular flexibility index (Phi) is 5.35. The van der Waals surface area contributed by atoms with E-state index in [4.69, 9.17) is 0 Å². The van der Waals surface area contributed by atoms with Crippen LogP contribution in [0.2, 0.25) is 0 Å². The molecule has 5 heteroatoms. The van der Waals surface area contributed by atoms with Crippen molar-refractivity contribution in [3.8, 4) is 0 Å². The second kappa shape index (κ2) is 8.25. The van der Waals surface area contributed by atoms with E-state index in [9.17, 15) is 9.59 Å². The lowest BCUT2D eigenvalue weighted by Gasteiger charge is -2.09. The number of aromatic amines is 1. The van der Waals surface area contributed by atoms with E-state index in [-0.39, 0.29) is 11.8 Å². The maximum atomic E-state index is 13.0. The first-order valence-corrected chi connectivity index (χ1v) is 9.84. The minimum Gasteiger partial charge on any atom is -0.349 e. The number of anilines is 1. The average molecular weight is 397 g/mol. The molecule has 0 saturated heterocycles. The molecule has 0 fully saturated rings. The maximum absolute atomic E-state index is 13.0. The molecule has 3 aromatic carbocycles. The SMILES string of the molecule is Cc1cccc(C(=O)Nc2c(C(=O)NCc3ccccc3)[nH]c3ccc(C)cc23)c1. The molecular formula is C25H23N3O2. The second-order valence-electron chi connectivity index (χ2n) is 7.42. The van der Waals surface area contributed by atoms with E-state index in [2.05, 4.69) is 15.6 Å². The van der Waals surface area contributed by atoms with Gasteiger partial charge < -0.3 is 15.6 Å². The van der Waals surface area contributed by atoms with Crippen LogP contribution >= 0.6 is 0 Å². The number of benzene rings is 3. The summed E-state index contributed by atoms with van der Waals surface area (Å²) in [7, 11) is 0. The van der Waals surface area contributed by atoms with Gasteiger partial charge in [-0.1, -0.05) is 59.7 Å². The third-order valence-corrected chi connectivity index (χ3v) is 5.00. The van der Waals surface area contributed by atoms with Gasteiger partial charge in [0.15, 0.2) is 0 Å². The van der Waals surface area contributed by atoms with Gasteiger partial charge in [0.1, 0.15) is 5.69 Å². The highest BCUT2D eigenvalue weighted by Gasteiger charge is 2.20. The fourth-order valence-corrected chi connectivity index (χ4v) is 3.44. The summed E-state index contributed by atoms with van der Waals surface area (Å²) < 4.78 is 0. The van der Waals surface area contributed by atoms with Crippen molar-refractivity contribution in [2.75, 3.05) is 5.32 Å². The summed E-state index contributed by atoms with van der Waals surface area (Å²) in [5, 5.41) is 6.69. The van der Waals surface area contributed by atoms with Gasteiger partial charge in [0.25, 0.3) is 11.8 Å². The number of H-pyrrole nitrogens is 1. The maximum Gasteiger partial charge on any atom is 0.270 e. The summed E-state index contributed by atoms with van der Waals surface area (Å²) in [5.41, 5.74) is 5.22. The lowest BCUT2D eigenvalue weighted by atomic mass is 10.1. The molecule has 0 radical (unpaired) electrons. The average Bonchev–Trinajstić information content (AvgIpc) is 3.10. The summed E-state index contributed by atoms with van der Waals surface area (Å²) in [6.45, 7) is 4.32. The van der Waals surface area contributed by atoms with Crippen LogP contribution in [-0.4, -0.2) is 16.8 Å². The van der Waals surface area contributed by atoms with Crippen LogP contribution in [0.4, 0.5) is 5.69 Å². The monoisotopic (exact) mass is 397 g/mol. The molecule has 0 atom stereocenters. The molecule has 0 aliphatic carbocycles. The van der Waals surface area contributed by atoms with Crippen molar-refractivity contribution >= 4 is 28.4 Å². The van der Waals surface area contributed by atoms with E-state index >= 15 is 0 Å². The fourth-order valence-electron chi connectivity index (χ4n) is 3.44. The van der Waals surface area contributed by atoms with Crippen LogP contribution in [0, 0.1) is 13.8 Å².